The van der Waals surface area contributed by atoms with Gasteiger partial charge < -0.3 is 0 Å². The van der Waals surface area contributed by atoms with E-state index in [1.54, 1.807) is 0 Å². The van der Waals surface area contributed by atoms with Crippen LogP contribution in [-0.2, 0) is 6.42 Å². The van der Waals surface area contributed by atoms with Crippen molar-refractivity contribution >= 4 is 17.6 Å². The van der Waals surface area contributed by atoms with E-state index in [0.29, 0.717) is 5.92 Å². The monoisotopic (exact) mass is 430 g/mol. The molecule has 1 aliphatic carbocycles. The highest BCUT2D eigenvalue weighted by Crippen LogP contribution is 2.34. The van der Waals surface area contributed by atoms with Gasteiger partial charge in [0.15, 0.2) is 0 Å². The molecule has 0 aromatic heterocycles. The molecule has 3 unspecified atom stereocenters. The van der Waals surface area contributed by atoms with Crippen LogP contribution in [0, 0.1) is 17.8 Å². The van der Waals surface area contributed by atoms with Crippen molar-refractivity contribution in [1.29, 1.82) is 0 Å². The molecule has 0 heterocycles. The van der Waals surface area contributed by atoms with E-state index in [2.05, 4.69) is 56.8 Å². The molecule has 3 atom stereocenters. The lowest BCUT2D eigenvalue weighted by Gasteiger charge is -2.30. The van der Waals surface area contributed by atoms with Crippen LogP contribution in [0.15, 0.2) is 43.0 Å². The first kappa shape index (κ1) is 29.1. The van der Waals surface area contributed by atoms with Gasteiger partial charge in [0.25, 0.3) is 0 Å². The van der Waals surface area contributed by atoms with Crippen LogP contribution < -0.4 is 0 Å². The van der Waals surface area contributed by atoms with Crippen molar-refractivity contribution in [3.8, 4) is 0 Å². The van der Waals surface area contributed by atoms with E-state index in [9.17, 15) is 0 Å². The molecule has 1 aromatic rings. The van der Waals surface area contributed by atoms with Gasteiger partial charge in [0.1, 0.15) is 0 Å². The molecular weight excluding hydrogens is 380 g/mol. The normalized spacial score (nSPS) is 18.8. The average molecular weight is 431 g/mol. The fourth-order valence-corrected chi connectivity index (χ4v) is 4.75. The SMILES string of the molecule is C=CC(CCCCC=S)CCc1ccccc1.CC.CCCC1CCCCC1CC. The Bertz CT molecular complexity index is 490. The molecule has 1 heteroatoms. The Morgan fingerprint density at radius 2 is 1.67 bits per heavy atom. The van der Waals surface area contributed by atoms with E-state index >= 15 is 0 Å². The smallest absolute Gasteiger partial charge is 0.0210 e. The fourth-order valence-electron chi connectivity index (χ4n) is 4.58. The topological polar surface area (TPSA) is 0 Å². The molecular formula is C29H50S. The predicted octanol–water partition coefficient (Wildman–Crippen LogP) is 10.0. The maximum absolute atomic E-state index is 4.83. The lowest BCUT2D eigenvalue weighted by atomic mass is 9.76. The molecule has 0 bridgehead atoms. The van der Waals surface area contributed by atoms with Crippen molar-refractivity contribution in [2.24, 2.45) is 17.8 Å². The van der Waals surface area contributed by atoms with Gasteiger partial charge in [-0.3, -0.25) is 0 Å². The van der Waals surface area contributed by atoms with Crippen LogP contribution >= 0.6 is 12.2 Å². The van der Waals surface area contributed by atoms with Crippen LogP contribution in [0.4, 0.5) is 0 Å². The Morgan fingerprint density at radius 3 is 2.23 bits per heavy atom. The second kappa shape index (κ2) is 21.3. The minimum atomic E-state index is 0.653. The van der Waals surface area contributed by atoms with Crippen molar-refractivity contribution in [3.63, 3.8) is 0 Å². The van der Waals surface area contributed by atoms with Crippen LogP contribution in [-0.4, -0.2) is 5.37 Å². The van der Waals surface area contributed by atoms with E-state index < -0.39 is 0 Å². The van der Waals surface area contributed by atoms with Gasteiger partial charge in [0, 0.05) is 0 Å². The molecule has 0 N–H and O–H groups in total. The number of unbranched alkanes of at least 4 members (excludes halogenated alkanes) is 2. The zero-order valence-corrected chi connectivity index (χ0v) is 21.4. The number of thiocarbonyl (C=S) groups is 1. The minimum Gasteiger partial charge on any atom is -0.103 e. The molecule has 1 saturated carbocycles. The maximum Gasteiger partial charge on any atom is -0.0210 e. The van der Waals surface area contributed by atoms with Crippen molar-refractivity contribution < 1.29 is 0 Å². The fraction of sp³-hybridized carbons (Fsp3) is 0.690. The zero-order valence-electron chi connectivity index (χ0n) is 20.6. The number of hydrogen-bond acceptors (Lipinski definition) is 1. The summed E-state index contributed by atoms with van der Waals surface area (Å²) in [6.07, 6.45) is 19.6. The number of aryl methyl sites for hydroxylation is 1. The highest BCUT2D eigenvalue weighted by molar-refractivity contribution is 7.78. The Hall–Kier alpha value is -0.950. The molecule has 172 valence electrons. The summed E-state index contributed by atoms with van der Waals surface area (Å²) in [6.45, 7) is 12.6. The van der Waals surface area contributed by atoms with Gasteiger partial charge in [-0.15, -0.1) is 6.58 Å². The highest BCUT2D eigenvalue weighted by Gasteiger charge is 2.22. The van der Waals surface area contributed by atoms with Gasteiger partial charge in [-0.2, -0.15) is 0 Å². The third-order valence-electron chi connectivity index (χ3n) is 6.38. The van der Waals surface area contributed by atoms with Gasteiger partial charge in [0.2, 0.25) is 0 Å². The quantitative estimate of drug-likeness (QED) is 0.180. The number of rotatable bonds is 12. The van der Waals surface area contributed by atoms with E-state index in [0.717, 1.165) is 24.7 Å². The van der Waals surface area contributed by atoms with Crippen molar-refractivity contribution in [3.05, 3.63) is 48.6 Å². The van der Waals surface area contributed by atoms with Crippen LogP contribution in [0.5, 0.6) is 0 Å². The van der Waals surface area contributed by atoms with Crippen molar-refractivity contribution in [2.45, 2.75) is 111 Å². The molecule has 0 saturated heterocycles. The largest absolute Gasteiger partial charge is 0.103 e. The minimum absolute atomic E-state index is 0.653. The predicted molar refractivity (Wildman–Crippen MR) is 143 cm³/mol. The number of allylic oxidation sites excluding steroid dienone is 1. The summed E-state index contributed by atoms with van der Waals surface area (Å²) in [5.41, 5.74) is 1.43. The average Bonchev–Trinajstić information content (AvgIpc) is 2.81. The molecule has 0 aliphatic heterocycles. The summed E-state index contributed by atoms with van der Waals surface area (Å²) in [6, 6.07) is 10.7. The van der Waals surface area contributed by atoms with Crippen LogP contribution in [0.3, 0.4) is 0 Å². The number of benzene rings is 1. The van der Waals surface area contributed by atoms with Crippen molar-refractivity contribution in [1.82, 2.24) is 0 Å². The van der Waals surface area contributed by atoms with E-state index in [4.69, 9.17) is 12.2 Å². The number of hydrogen-bond donors (Lipinski definition) is 0. The summed E-state index contributed by atoms with van der Waals surface area (Å²) in [4.78, 5) is 0. The van der Waals surface area contributed by atoms with E-state index in [1.807, 2.05) is 19.2 Å². The molecule has 1 aliphatic rings. The molecule has 1 aromatic carbocycles. The molecule has 2 rings (SSSR count). The van der Waals surface area contributed by atoms with Gasteiger partial charge in [-0.1, -0.05) is 128 Å². The highest BCUT2D eigenvalue weighted by atomic mass is 32.1. The summed E-state index contributed by atoms with van der Waals surface area (Å²) >= 11 is 4.83. The second-order valence-electron chi connectivity index (χ2n) is 8.47. The summed E-state index contributed by atoms with van der Waals surface area (Å²) in [5.74, 6) is 2.81. The Balaban J connectivity index is 0.000000557. The Labute approximate surface area is 195 Å². The molecule has 0 radical (unpaired) electrons. The second-order valence-corrected chi connectivity index (χ2v) is 8.81. The lowest BCUT2D eigenvalue weighted by Crippen LogP contribution is -2.18. The van der Waals surface area contributed by atoms with Gasteiger partial charge >= 0.3 is 0 Å². The molecule has 1 fully saturated rings. The van der Waals surface area contributed by atoms with Crippen LogP contribution in [0.25, 0.3) is 0 Å². The first-order valence-electron chi connectivity index (χ1n) is 12.8. The maximum atomic E-state index is 4.83. The zero-order chi connectivity index (χ0) is 22.5. The third kappa shape index (κ3) is 14.1. The van der Waals surface area contributed by atoms with Crippen LogP contribution in [0.2, 0.25) is 0 Å². The molecule has 30 heavy (non-hydrogen) atoms. The molecule has 0 amide bonds. The van der Waals surface area contributed by atoms with Gasteiger partial charge in [0.05, 0.1) is 0 Å². The van der Waals surface area contributed by atoms with Crippen LogP contribution in [0.1, 0.15) is 110 Å². The molecule has 0 spiro atoms. The lowest BCUT2D eigenvalue weighted by molar-refractivity contribution is 0.216. The first-order valence-corrected chi connectivity index (χ1v) is 13.3. The first-order chi connectivity index (χ1) is 14.7. The van der Waals surface area contributed by atoms with Gasteiger partial charge in [-0.05, 0) is 60.8 Å². The van der Waals surface area contributed by atoms with Crippen molar-refractivity contribution in [2.75, 3.05) is 0 Å². The molecule has 0 nitrogen and oxygen atoms in total. The summed E-state index contributed by atoms with van der Waals surface area (Å²) in [5, 5.41) is 1.84. The standard InChI is InChI=1S/C16H22S.C11H22.C2H6/c1-2-15(9-7-4-8-14-17)12-13-16-10-5-3-6-11-16;1-3-7-11-9-6-5-8-10(11)4-2;1-2/h2-3,5-6,10-11,14-15H,1,4,7-9,12-13H2;10-11H,3-9H2,1-2H3;1-2H3. The van der Waals surface area contributed by atoms with E-state index in [-0.39, 0.29) is 0 Å². The third-order valence-corrected chi connectivity index (χ3v) is 6.61. The summed E-state index contributed by atoms with van der Waals surface area (Å²) in [7, 11) is 0. The summed E-state index contributed by atoms with van der Waals surface area (Å²) < 4.78 is 0. The Morgan fingerprint density at radius 1 is 1.00 bits per heavy atom. The van der Waals surface area contributed by atoms with Gasteiger partial charge in [-0.25, -0.2) is 0 Å². The van der Waals surface area contributed by atoms with E-state index in [1.165, 1.54) is 76.2 Å². The Kier molecular flexibility index (Phi) is 20.6.